The Bertz CT molecular complexity index is 1140. The monoisotopic (exact) mass is 528 g/mol. The molecule has 2 aliphatic carbocycles. The minimum Gasteiger partial charge on any atom is -0.372 e. The molecule has 0 radical (unpaired) electrons. The number of carbonyl (C=O) groups excluding carboxylic acids is 3. The minimum atomic E-state index is -3.09. The first kappa shape index (κ1) is 26.3. The number of fused-ring (bicyclic) bond motifs is 3. The molecule has 9 nitrogen and oxygen atoms in total. The van der Waals surface area contributed by atoms with E-state index >= 15 is 8.78 Å². The summed E-state index contributed by atoms with van der Waals surface area (Å²) in [5, 5.41) is 18.2. The summed E-state index contributed by atoms with van der Waals surface area (Å²) in [4.78, 5) is 45.1. The van der Waals surface area contributed by atoms with E-state index in [0.29, 0.717) is 37.4 Å². The zero-order valence-electron chi connectivity index (χ0n) is 21.5. The second kappa shape index (κ2) is 10.5. The second-order valence-electron chi connectivity index (χ2n) is 11.3. The Morgan fingerprint density at radius 3 is 2.66 bits per heavy atom. The number of aromatic nitrogens is 1. The summed E-state index contributed by atoms with van der Waals surface area (Å²) in [6.45, 7) is 2.39. The first-order valence-corrected chi connectivity index (χ1v) is 13.5. The molecule has 1 aromatic heterocycles. The molecule has 2 saturated carbocycles. The highest BCUT2D eigenvalue weighted by molar-refractivity contribution is 5.92. The van der Waals surface area contributed by atoms with Gasteiger partial charge >= 0.3 is 0 Å². The number of nitrogens with one attached hydrogen (secondary N) is 3. The van der Waals surface area contributed by atoms with Gasteiger partial charge in [-0.05, 0) is 56.6 Å². The number of nitrogens with zero attached hydrogens (tertiary/aromatic N) is 3. The molecule has 204 valence electrons. The van der Waals surface area contributed by atoms with E-state index in [9.17, 15) is 19.6 Å². The Hall–Kier alpha value is -3.29. The number of hydrogen-bond acceptors (Lipinski definition) is 6. The van der Waals surface area contributed by atoms with Crippen LogP contribution in [0, 0.1) is 36.0 Å². The lowest BCUT2D eigenvalue weighted by Crippen LogP contribution is -2.70. The van der Waals surface area contributed by atoms with Gasteiger partial charge in [0.05, 0.1) is 17.7 Å². The van der Waals surface area contributed by atoms with Crippen molar-refractivity contribution in [1.29, 1.82) is 5.26 Å². The lowest BCUT2D eigenvalue weighted by molar-refractivity contribution is -0.194. The van der Waals surface area contributed by atoms with Crippen molar-refractivity contribution in [2.45, 2.75) is 88.4 Å². The van der Waals surface area contributed by atoms with Gasteiger partial charge in [0.2, 0.25) is 17.7 Å². The lowest BCUT2D eigenvalue weighted by Gasteiger charge is -2.54. The third-order valence-corrected chi connectivity index (χ3v) is 8.39. The molecule has 4 heterocycles. The van der Waals surface area contributed by atoms with E-state index in [1.54, 1.807) is 12.4 Å². The van der Waals surface area contributed by atoms with Gasteiger partial charge in [0, 0.05) is 37.3 Å². The van der Waals surface area contributed by atoms with Crippen LogP contribution in [-0.4, -0.2) is 64.2 Å². The van der Waals surface area contributed by atoms with E-state index in [1.807, 2.05) is 19.1 Å². The fraction of sp³-hybridized carbons (Fsp3) is 0.667. The molecular weight excluding hydrogens is 494 g/mol. The zero-order valence-corrected chi connectivity index (χ0v) is 21.5. The van der Waals surface area contributed by atoms with Crippen molar-refractivity contribution in [2.24, 2.45) is 17.8 Å². The van der Waals surface area contributed by atoms with Crippen molar-refractivity contribution in [3.8, 4) is 6.07 Å². The molecule has 2 bridgehead atoms. The van der Waals surface area contributed by atoms with E-state index < -0.39 is 54.3 Å². The first-order valence-electron chi connectivity index (χ1n) is 13.5. The van der Waals surface area contributed by atoms with Crippen LogP contribution in [0.1, 0.15) is 56.9 Å². The molecule has 38 heavy (non-hydrogen) atoms. The van der Waals surface area contributed by atoms with Gasteiger partial charge in [-0.15, -0.1) is 0 Å². The maximum absolute atomic E-state index is 15.1. The van der Waals surface area contributed by atoms with Gasteiger partial charge in [-0.2, -0.15) is 5.26 Å². The molecule has 5 fully saturated rings. The van der Waals surface area contributed by atoms with Crippen molar-refractivity contribution in [2.75, 3.05) is 11.9 Å². The van der Waals surface area contributed by atoms with Crippen LogP contribution >= 0.6 is 0 Å². The van der Waals surface area contributed by atoms with Gasteiger partial charge in [-0.1, -0.05) is 12.8 Å². The highest BCUT2D eigenvalue weighted by Crippen LogP contribution is 2.49. The predicted octanol–water partition coefficient (Wildman–Crippen LogP) is 2.52. The molecule has 11 heteroatoms. The maximum atomic E-state index is 15.1. The molecule has 6 atom stereocenters. The highest BCUT2D eigenvalue weighted by Gasteiger charge is 2.61. The molecular formula is C27H34F2N6O3. The van der Waals surface area contributed by atoms with Crippen LogP contribution in [0.25, 0.3) is 0 Å². The van der Waals surface area contributed by atoms with Crippen LogP contribution in [0.15, 0.2) is 18.5 Å². The van der Waals surface area contributed by atoms with Crippen molar-refractivity contribution in [1.82, 2.24) is 20.5 Å². The van der Waals surface area contributed by atoms with Crippen LogP contribution in [0.2, 0.25) is 0 Å². The third kappa shape index (κ3) is 5.45. The maximum Gasteiger partial charge on any atom is 0.255 e. The quantitative estimate of drug-likeness (QED) is 0.452. The van der Waals surface area contributed by atoms with Gasteiger partial charge < -0.3 is 20.9 Å². The number of carbonyl (C=O) groups is 3. The fourth-order valence-corrected chi connectivity index (χ4v) is 6.30. The Morgan fingerprint density at radius 2 is 2.03 bits per heavy atom. The summed E-state index contributed by atoms with van der Waals surface area (Å²) in [6.07, 6.45) is 6.59. The molecule has 0 unspecified atom stereocenters. The Morgan fingerprint density at radius 1 is 1.24 bits per heavy atom. The van der Waals surface area contributed by atoms with E-state index in [4.69, 9.17) is 0 Å². The second-order valence-corrected chi connectivity index (χ2v) is 11.3. The average Bonchev–Trinajstić information content (AvgIpc) is 3.61. The number of nitriles is 1. The first-order chi connectivity index (χ1) is 18.2. The zero-order chi connectivity index (χ0) is 27.0. The predicted molar refractivity (Wildman–Crippen MR) is 134 cm³/mol. The smallest absolute Gasteiger partial charge is 0.255 e. The van der Waals surface area contributed by atoms with E-state index in [2.05, 4.69) is 20.9 Å². The standard InChI is InChI=1S/C27H34F2N6O3/c1-15-8-19(14-31-13-15)33-22(9-16-2-3-16)26(38)35-20-4-5-21(27(28,29)11-20)23(35)25(37)34-18(12-30)10-17-6-7-32-24(17)36/h8,13-14,16-18,20-23,33H,2-7,9-11H2,1H3,(H,32,36)(H,34,37)/t17-,18-,20+,21+,22-,23+/m0/s1. The average molecular weight is 529 g/mol. The molecule has 3 N–H and O–H groups in total. The van der Waals surface area contributed by atoms with Crippen molar-refractivity contribution >= 4 is 23.4 Å². The van der Waals surface area contributed by atoms with Crippen molar-refractivity contribution in [3.05, 3.63) is 24.0 Å². The van der Waals surface area contributed by atoms with Gasteiger partial charge in [-0.25, -0.2) is 8.78 Å². The SMILES string of the molecule is Cc1cncc(N[C@@H](CC2CC2)C(=O)N2[C@@H]3CC[C@H]([C@@H]2C(=O)N[C@H](C#N)C[C@@H]2CCNC2=O)C(F)(F)C3)c1. The summed E-state index contributed by atoms with van der Waals surface area (Å²) in [7, 11) is 0. The largest absolute Gasteiger partial charge is 0.372 e. The van der Waals surface area contributed by atoms with Crippen molar-refractivity contribution < 1.29 is 23.2 Å². The van der Waals surface area contributed by atoms with E-state index in [0.717, 1.165) is 18.4 Å². The normalized spacial score (nSPS) is 29.2. The number of pyridine rings is 1. The number of rotatable bonds is 9. The van der Waals surface area contributed by atoms with E-state index in [1.165, 1.54) is 4.90 Å². The van der Waals surface area contributed by atoms with Crippen molar-refractivity contribution in [3.63, 3.8) is 0 Å². The molecule has 3 saturated heterocycles. The molecule has 1 aromatic rings. The van der Waals surface area contributed by atoms with Gasteiger partial charge in [-0.3, -0.25) is 19.4 Å². The minimum absolute atomic E-state index is 0.103. The number of halogens is 2. The molecule has 3 aliphatic heterocycles. The Kier molecular flexibility index (Phi) is 7.25. The number of piperidine rings is 2. The van der Waals surface area contributed by atoms with Crippen LogP contribution < -0.4 is 16.0 Å². The van der Waals surface area contributed by atoms with Gasteiger partial charge in [0.15, 0.2) is 0 Å². The number of aryl methyl sites for hydroxylation is 1. The highest BCUT2D eigenvalue weighted by atomic mass is 19.3. The summed E-state index contributed by atoms with van der Waals surface area (Å²) in [5.74, 6) is -5.77. The number of alkyl halides is 2. The fourth-order valence-electron chi connectivity index (χ4n) is 6.30. The topological polar surface area (TPSA) is 127 Å². The number of amides is 3. The summed E-state index contributed by atoms with van der Waals surface area (Å²) >= 11 is 0. The van der Waals surface area contributed by atoms with E-state index in [-0.39, 0.29) is 24.7 Å². The molecule has 0 spiro atoms. The van der Waals surface area contributed by atoms with Gasteiger partial charge in [0.25, 0.3) is 5.92 Å². The number of hydrogen-bond donors (Lipinski definition) is 3. The summed E-state index contributed by atoms with van der Waals surface area (Å²) < 4.78 is 30.2. The van der Waals surface area contributed by atoms with Gasteiger partial charge in [0.1, 0.15) is 18.1 Å². The third-order valence-electron chi connectivity index (χ3n) is 8.39. The Labute approximate surface area is 220 Å². The van der Waals surface area contributed by atoms with Crippen LogP contribution in [-0.2, 0) is 14.4 Å². The molecule has 5 aliphatic rings. The van der Waals surface area contributed by atoms with Crippen LogP contribution in [0.5, 0.6) is 0 Å². The molecule has 0 aromatic carbocycles. The lowest BCUT2D eigenvalue weighted by atomic mass is 9.71. The summed E-state index contributed by atoms with van der Waals surface area (Å²) in [5.41, 5.74) is 1.58. The van der Waals surface area contributed by atoms with Crippen LogP contribution in [0.3, 0.4) is 0 Å². The molecule has 3 amide bonds. The van der Waals surface area contributed by atoms with Crippen LogP contribution in [0.4, 0.5) is 14.5 Å². The number of anilines is 1. The molecule has 6 rings (SSSR count). The summed E-state index contributed by atoms with van der Waals surface area (Å²) in [6, 6.07) is 0.0408. The Balaban J connectivity index is 1.38.